The molecule has 77 heavy (non-hydrogen) atoms. The number of pyridine rings is 1. The van der Waals surface area contributed by atoms with Gasteiger partial charge in [-0.1, -0.05) is 47.5 Å². The van der Waals surface area contributed by atoms with Crippen LogP contribution in [-0.2, 0) is 43.1 Å². The van der Waals surface area contributed by atoms with Gasteiger partial charge in [0, 0.05) is 36.6 Å². The average molecular weight is 1120 g/mol. The van der Waals surface area contributed by atoms with E-state index in [1.807, 2.05) is 13.8 Å². The van der Waals surface area contributed by atoms with Gasteiger partial charge in [0.25, 0.3) is 5.69 Å². The molecule has 0 unspecified atom stereocenters. The minimum absolute atomic E-state index is 0.0450. The van der Waals surface area contributed by atoms with Crippen LogP contribution in [0.1, 0.15) is 120 Å². The zero-order chi connectivity index (χ0) is 57.9. The van der Waals surface area contributed by atoms with Crippen LogP contribution >= 0.6 is 0 Å². The summed E-state index contributed by atoms with van der Waals surface area (Å²) in [5.74, 6) is -4.24. The van der Waals surface area contributed by atoms with Gasteiger partial charge in [0.2, 0.25) is 28.9 Å². The Hall–Kier alpha value is -6.31. The van der Waals surface area contributed by atoms with Crippen molar-refractivity contribution in [3.63, 3.8) is 0 Å². The van der Waals surface area contributed by atoms with Gasteiger partial charge in [-0.15, -0.1) is 0 Å². The Morgan fingerprint density at radius 3 is 2.00 bits per heavy atom. The number of non-ortho nitro benzene ring substituents is 1. The Labute approximate surface area is 441 Å². The molecule has 3 aliphatic rings. The largest absolute Gasteiger partial charge is 0.514 e. The first-order chi connectivity index (χ1) is 35.4. The highest BCUT2D eigenvalue weighted by molar-refractivity contribution is 7.85. The van der Waals surface area contributed by atoms with Crippen molar-refractivity contribution in [2.75, 3.05) is 13.7 Å². The third-order valence-corrected chi connectivity index (χ3v) is 14.9. The van der Waals surface area contributed by atoms with E-state index < -0.39 is 116 Å². The molecule has 1 aliphatic heterocycles. The molecule has 2 heterocycles. The average Bonchev–Trinajstić information content (AvgIpc) is 4.19. The van der Waals surface area contributed by atoms with Crippen molar-refractivity contribution in [1.29, 1.82) is 0 Å². The number of Topliss-reactive ketones (excluding diaryl/α,β-unsaturated/α-hetero) is 1. The zero-order valence-electron chi connectivity index (χ0n) is 44.2. The highest BCUT2D eigenvalue weighted by atomic mass is 32.2. The van der Waals surface area contributed by atoms with Crippen molar-refractivity contribution in [2.24, 2.45) is 22.7 Å². The molecule has 426 valence electrons. The number of hydrogen-bond acceptors (Lipinski definition) is 16. The molecule has 3 fully saturated rings. The molecule has 26 heteroatoms. The second kappa shape index (κ2) is 23.0. The maximum atomic E-state index is 14.6. The second-order valence-corrected chi connectivity index (χ2v) is 22.8. The zero-order valence-corrected chi connectivity index (χ0v) is 45.0. The second-order valence-electron chi connectivity index (χ2n) is 21.5. The summed E-state index contributed by atoms with van der Waals surface area (Å²) in [6.07, 6.45) is -8.62. The van der Waals surface area contributed by atoms with E-state index in [0.717, 1.165) is 29.7 Å². The molecule has 2 aromatic carbocycles. The number of esters is 1. The molecule has 1 N–H and O–H groups in total. The van der Waals surface area contributed by atoms with Gasteiger partial charge in [0.05, 0.1) is 48.0 Å². The summed E-state index contributed by atoms with van der Waals surface area (Å²) in [5, 5.41) is 11.8. The highest BCUT2D eigenvalue weighted by Crippen LogP contribution is 2.58. The number of hydrogen-bond donors (Lipinski definition) is 1. The first-order valence-corrected chi connectivity index (χ1v) is 26.0. The van der Waals surface area contributed by atoms with Crippen LogP contribution in [-0.4, -0.2) is 108 Å². The first-order valence-electron chi connectivity index (χ1n) is 24.6. The van der Waals surface area contributed by atoms with Crippen LogP contribution in [0.25, 0.3) is 10.8 Å². The Morgan fingerprint density at radius 2 is 1.48 bits per heavy atom. The predicted molar refractivity (Wildman–Crippen MR) is 262 cm³/mol. The van der Waals surface area contributed by atoms with Gasteiger partial charge in [-0.05, 0) is 106 Å². The summed E-state index contributed by atoms with van der Waals surface area (Å²) in [7, 11) is -2.97. The summed E-state index contributed by atoms with van der Waals surface area (Å²) >= 11 is 0. The van der Waals surface area contributed by atoms with Crippen molar-refractivity contribution in [2.45, 2.75) is 161 Å². The number of likely N-dealkylation sites (tertiary alicyclic amines) is 1. The lowest BCUT2D eigenvalue weighted by atomic mass is 9.77. The molecule has 3 aromatic rings. The summed E-state index contributed by atoms with van der Waals surface area (Å²) in [4.78, 5) is 82.5. The Kier molecular flexibility index (Phi) is 18.3. The van der Waals surface area contributed by atoms with Crippen LogP contribution < -0.4 is 18.9 Å². The molecule has 1 aromatic heterocycles. The number of nitrogens with zero attached hydrogens (tertiary/aromatic N) is 3. The number of halogens is 6. The number of alkyl halides is 6. The first kappa shape index (κ1) is 61.5. The van der Waals surface area contributed by atoms with Crippen molar-refractivity contribution in [3.8, 4) is 17.4 Å². The normalized spacial score (nSPS) is 20.7. The molecule has 2 aliphatic carbocycles. The molecule has 0 spiro atoms. The van der Waals surface area contributed by atoms with Crippen LogP contribution in [0.3, 0.4) is 0 Å². The summed E-state index contributed by atoms with van der Waals surface area (Å²) < 4.78 is 137. The lowest BCUT2D eigenvalue weighted by Gasteiger charge is -2.35. The number of amides is 2. The molecule has 6 rings (SSSR count). The molecule has 2 saturated carbocycles. The maximum Gasteiger partial charge on any atom is 0.514 e. The van der Waals surface area contributed by atoms with Crippen molar-refractivity contribution in [1.82, 2.24) is 14.6 Å². The highest BCUT2D eigenvalue weighted by Gasteiger charge is 2.62. The fourth-order valence-electron chi connectivity index (χ4n) is 8.83. The van der Waals surface area contributed by atoms with Crippen LogP contribution in [0.15, 0.2) is 54.7 Å². The van der Waals surface area contributed by atoms with Gasteiger partial charge in [-0.3, -0.25) is 29.3 Å². The number of carbonyl (C=O) groups excluding carboxylic acids is 5. The molecule has 2 amide bonds. The van der Waals surface area contributed by atoms with Crippen molar-refractivity contribution >= 4 is 56.5 Å². The van der Waals surface area contributed by atoms with E-state index in [9.17, 15) is 68.8 Å². The van der Waals surface area contributed by atoms with Gasteiger partial charge < -0.3 is 28.6 Å². The Balaban J connectivity index is 0.000000459. The number of nitrogens with one attached hydrogen (secondary N) is 1. The van der Waals surface area contributed by atoms with E-state index in [0.29, 0.717) is 70.9 Å². The SMILES string of the molecule is CC(C)(OC(=O)Oc1ccc([N+](=O)[O-])cc1)C(F)(F)F.CCCC1(OS(=O)(=O)NC(=O)[C@@]2(CC(=O)[C@@H]3C[C@@H](Oc4nccc5cc(OC)ccc45)CN3C(=O)[C@@H](CC(=O)OC(C)(C)C(F)(F)F)C(C)(C)C)C[C@H]2CC)CC1. The lowest BCUT2D eigenvalue weighted by Crippen LogP contribution is -2.49. The number of nitro groups is 1. The molecule has 5 atom stereocenters. The van der Waals surface area contributed by atoms with Gasteiger partial charge >= 0.3 is 34.8 Å². The topological polar surface area (TPSA) is 246 Å². The molecule has 1 saturated heterocycles. The molecule has 0 bridgehead atoms. The van der Waals surface area contributed by atoms with Gasteiger partial charge in [-0.2, -0.15) is 34.8 Å². The monoisotopic (exact) mass is 1120 g/mol. The summed E-state index contributed by atoms with van der Waals surface area (Å²) in [6, 6.07) is 10.1. The number of rotatable bonds is 20. The fraction of sp³-hybridized carbons (Fsp3) is 0.608. The lowest BCUT2D eigenvalue weighted by molar-refractivity contribution is -0.384. The number of ether oxygens (including phenoxy) is 5. The van der Waals surface area contributed by atoms with E-state index in [4.69, 9.17) is 18.4 Å². The minimum Gasteiger partial charge on any atom is -0.497 e. The number of ketones is 1. The quantitative estimate of drug-likeness (QED) is 0.0363. The maximum absolute atomic E-state index is 14.6. The predicted octanol–water partition coefficient (Wildman–Crippen LogP) is 10.1. The summed E-state index contributed by atoms with van der Waals surface area (Å²) in [5.41, 5.74) is -8.99. The standard InChI is InChI=1S/C40H54F3N3O10S.C11H10F3NO5/c1-9-14-38(15-16-38)56-57(51,52)45-35(50)39(21-25(39)10-2)22-31(47)30-19-27(54-33-28-12-11-26(53-8)18-24(28)13-17-44-33)23-46(30)34(49)29(36(3,4)5)20-32(48)55-37(6,7)40(41,42)43;1-10(2,11(12,13)14)20-9(16)19-8-5-3-7(4-6-8)15(17)18/h11-13,17-18,25,27,29-30H,9-10,14-16,19-23H2,1-8H3,(H,45,50);3-6H,1-2H3/t25-,27-,29-,30+,39-;/m1./s1. The fourth-order valence-corrected chi connectivity index (χ4v) is 10.0. The summed E-state index contributed by atoms with van der Waals surface area (Å²) in [6.45, 7) is 11.3. The van der Waals surface area contributed by atoms with Crippen LogP contribution in [0.5, 0.6) is 17.4 Å². The Morgan fingerprint density at radius 1 is 0.883 bits per heavy atom. The molecule has 19 nitrogen and oxygen atoms in total. The number of benzene rings is 2. The van der Waals surface area contributed by atoms with E-state index in [1.165, 1.54) is 18.2 Å². The molecule has 0 radical (unpaired) electrons. The van der Waals surface area contributed by atoms with Gasteiger partial charge in [0.1, 0.15) is 17.6 Å². The van der Waals surface area contributed by atoms with Crippen LogP contribution in [0, 0.1) is 32.8 Å². The number of methoxy groups -OCH3 is 1. The number of fused-ring (bicyclic) bond motifs is 1. The van der Waals surface area contributed by atoms with Gasteiger partial charge in [-0.25, -0.2) is 18.7 Å². The van der Waals surface area contributed by atoms with Crippen LogP contribution in [0.2, 0.25) is 0 Å². The third-order valence-electron chi connectivity index (χ3n) is 13.9. The molecular weight excluding hydrogens is 1050 g/mol. The minimum atomic E-state index is -4.87. The molecular formula is C51H64F6N4O15S. The number of carbonyl (C=O) groups is 5. The van der Waals surface area contributed by atoms with Crippen LogP contribution in [0.4, 0.5) is 36.8 Å². The van der Waals surface area contributed by atoms with E-state index >= 15 is 0 Å². The van der Waals surface area contributed by atoms with Crippen molar-refractivity contribution in [3.05, 3.63) is 64.8 Å². The Bertz CT molecular complexity index is 2800. The van der Waals surface area contributed by atoms with E-state index in [2.05, 4.69) is 19.2 Å². The number of nitro benzene ring substituents is 1. The van der Waals surface area contributed by atoms with E-state index in [-0.39, 0.29) is 42.6 Å². The smallest absolute Gasteiger partial charge is 0.497 e. The van der Waals surface area contributed by atoms with E-state index in [1.54, 1.807) is 45.0 Å². The van der Waals surface area contributed by atoms with Gasteiger partial charge in [0.15, 0.2) is 5.78 Å². The van der Waals surface area contributed by atoms with Crippen molar-refractivity contribution < 1.29 is 91.5 Å². The number of aromatic nitrogens is 1. The third kappa shape index (κ3) is 15.3.